The van der Waals surface area contributed by atoms with Crippen molar-refractivity contribution in [2.45, 2.75) is 0 Å². The maximum Gasteiger partial charge on any atom is 0.123 e. The minimum Gasteiger partial charge on any atom is -0.248 e. The lowest BCUT2D eigenvalue weighted by Gasteiger charge is -1.93. The van der Waals surface area contributed by atoms with Gasteiger partial charge in [0.05, 0.1) is 5.56 Å². The van der Waals surface area contributed by atoms with Crippen LogP contribution in [0.15, 0.2) is 47.2 Å². The number of aromatic nitrogens is 1. The van der Waals surface area contributed by atoms with Gasteiger partial charge in [-0.25, -0.2) is 9.37 Å². The first-order valence-corrected chi connectivity index (χ1v) is 5.43. The van der Waals surface area contributed by atoms with Crippen molar-refractivity contribution in [2.75, 3.05) is 0 Å². The van der Waals surface area contributed by atoms with Crippen LogP contribution in [0, 0.1) is 17.7 Å². The SMILES string of the molecule is Fc1ccc(C#Cc2cccnc2Br)cc1. The lowest BCUT2D eigenvalue weighted by atomic mass is 10.2. The Morgan fingerprint density at radius 1 is 1.06 bits per heavy atom. The number of nitrogens with zero attached hydrogens (tertiary/aromatic N) is 1. The van der Waals surface area contributed by atoms with Crippen molar-refractivity contribution in [3.05, 3.63) is 64.1 Å². The molecule has 0 atom stereocenters. The van der Waals surface area contributed by atoms with E-state index in [-0.39, 0.29) is 5.82 Å². The molecule has 2 rings (SSSR count). The molecule has 0 aliphatic heterocycles. The Labute approximate surface area is 101 Å². The van der Waals surface area contributed by atoms with Gasteiger partial charge in [-0.05, 0) is 52.3 Å². The number of rotatable bonds is 0. The molecule has 0 fully saturated rings. The Morgan fingerprint density at radius 3 is 2.50 bits per heavy atom. The van der Waals surface area contributed by atoms with Crippen LogP contribution in [-0.4, -0.2) is 4.98 Å². The first kappa shape index (κ1) is 10.8. The number of halogens is 2. The topological polar surface area (TPSA) is 12.9 Å². The summed E-state index contributed by atoms with van der Waals surface area (Å²) < 4.78 is 13.4. The smallest absolute Gasteiger partial charge is 0.123 e. The van der Waals surface area contributed by atoms with Crippen molar-refractivity contribution in [1.29, 1.82) is 0 Å². The minimum absolute atomic E-state index is 0.256. The number of benzene rings is 1. The Balaban J connectivity index is 2.29. The Bertz CT molecular complexity index is 552. The monoisotopic (exact) mass is 275 g/mol. The summed E-state index contributed by atoms with van der Waals surface area (Å²) in [5.74, 6) is 5.65. The largest absolute Gasteiger partial charge is 0.248 e. The molecular weight excluding hydrogens is 269 g/mol. The highest BCUT2D eigenvalue weighted by Crippen LogP contribution is 2.11. The molecule has 3 heteroatoms. The molecule has 0 unspecified atom stereocenters. The third kappa shape index (κ3) is 2.68. The molecule has 0 saturated carbocycles. The fraction of sp³-hybridized carbons (Fsp3) is 0. The van der Waals surface area contributed by atoms with Crippen LogP contribution in [-0.2, 0) is 0 Å². The van der Waals surface area contributed by atoms with Crippen LogP contribution >= 0.6 is 15.9 Å². The molecule has 16 heavy (non-hydrogen) atoms. The fourth-order valence-corrected chi connectivity index (χ4v) is 1.50. The molecule has 78 valence electrons. The molecule has 0 aliphatic rings. The second kappa shape index (κ2) is 4.91. The molecule has 0 aliphatic carbocycles. The van der Waals surface area contributed by atoms with E-state index in [1.807, 2.05) is 12.1 Å². The number of pyridine rings is 1. The summed E-state index contributed by atoms with van der Waals surface area (Å²) in [6.07, 6.45) is 1.69. The predicted molar refractivity (Wildman–Crippen MR) is 64.3 cm³/mol. The van der Waals surface area contributed by atoms with Crippen LogP contribution in [0.4, 0.5) is 4.39 Å². The van der Waals surface area contributed by atoms with Crippen LogP contribution < -0.4 is 0 Å². The van der Waals surface area contributed by atoms with Crippen molar-refractivity contribution < 1.29 is 4.39 Å². The van der Waals surface area contributed by atoms with Gasteiger partial charge in [-0.1, -0.05) is 11.8 Å². The molecule has 0 amide bonds. The summed E-state index contributed by atoms with van der Waals surface area (Å²) in [5, 5.41) is 0. The summed E-state index contributed by atoms with van der Waals surface area (Å²) in [7, 11) is 0. The van der Waals surface area contributed by atoms with Crippen molar-refractivity contribution in [1.82, 2.24) is 4.98 Å². The Morgan fingerprint density at radius 2 is 1.81 bits per heavy atom. The quantitative estimate of drug-likeness (QED) is 0.531. The first-order valence-electron chi connectivity index (χ1n) is 4.64. The molecule has 0 radical (unpaired) electrons. The zero-order valence-corrected chi connectivity index (χ0v) is 9.83. The van der Waals surface area contributed by atoms with Gasteiger partial charge in [0, 0.05) is 11.8 Å². The Kier molecular flexibility index (Phi) is 3.33. The van der Waals surface area contributed by atoms with Gasteiger partial charge >= 0.3 is 0 Å². The van der Waals surface area contributed by atoms with E-state index >= 15 is 0 Å². The molecule has 2 aromatic rings. The summed E-state index contributed by atoms with van der Waals surface area (Å²) in [6, 6.07) is 9.76. The van der Waals surface area contributed by atoms with Crippen molar-refractivity contribution >= 4 is 15.9 Å². The van der Waals surface area contributed by atoms with E-state index in [0.717, 1.165) is 11.1 Å². The third-order valence-electron chi connectivity index (χ3n) is 1.94. The molecule has 0 bridgehead atoms. The van der Waals surface area contributed by atoms with Gasteiger partial charge in [-0.15, -0.1) is 0 Å². The van der Waals surface area contributed by atoms with E-state index in [9.17, 15) is 4.39 Å². The van der Waals surface area contributed by atoms with Gasteiger partial charge in [-0.2, -0.15) is 0 Å². The molecule has 0 N–H and O–H groups in total. The van der Waals surface area contributed by atoms with Crippen LogP contribution in [0.1, 0.15) is 11.1 Å². The first-order chi connectivity index (χ1) is 7.75. The summed E-state index contributed by atoms with van der Waals surface area (Å²) >= 11 is 3.31. The maximum atomic E-state index is 12.6. The zero-order valence-electron chi connectivity index (χ0n) is 8.24. The van der Waals surface area contributed by atoms with Gasteiger partial charge in [0.25, 0.3) is 0 Å². The second-order valence-corrected chi connectivity index (χ2v) is 3.85. The van der Waals surface area contributed by atoms with E-state index in [0.29, 0.717) is 4.60 Å². The molecule has 1 nitrogen and oxygen atoms in total. The average Bonchev–Trinajstić information content (AvgIpc) is 2.30. The van der Waals surface area contributed by atoms with E-state index in [1.54, 1.807) is 18.3 Å². The van der Waals surface area contributed by atoms with Gasteiger partial charge in [0.1, 0.15) is 10.4 Å². The van der Waals surface area contributed by atoms with Gasteiger partial charge in [0.15, 0.2) is 0 Å². The standard InChI is InChI=1S/C13H7BrFN/c14-13-11(2-1-9-16-13)6-3-10-4-7-12(15)8-5-10/h1-2,4-5,7-9H. The molecule has 1 heterocycles. The van der Waals surface area contributed by atoms with Gasteiger partial charge in [0.2, 0.25) is 0 Å². The van der Waals surface area contributed by atoms with E-state index in [2.05, 4.69) is 32.8 Å². The summed E-state index contributed by atoms with van der Waals surface area (Å²) in [6.45, 7) is 0. The highest BCUT2D eigenvalue weighted by atomic mass is 79.9. The predicted octanol–water partition coefficient (Wildman–Crippen LogP) is 3.38. The zero-order chi connectivity index (χ0) is 11.4. The molecule has 1 aromatic carbocycles. The maximum absolute atomic E-state index is 12.6. The van der Waals surface area contributed by atoms with Gasteiger partial charge in [-0.3, -0.25) is 0 Å². The molecule has 0 spiro atoms. The number of hydrogen-bond acceptors (Lipinski definition) is 1. The van der Waals surface area contributed by atoms with Crippen LogP contribution in [0.5, 0.6) is 0 Å². The van der Waals surface area contributed by atoms with Crippen molar-refractivity contribution in [3.63, 3.8) is 0 Å². The normalized spacial score (nSPS) is 9.38. The van der Waals surface area contributed by atoms with Crippen molar-refractivity contribution in [3.8, 4) is 11.8 Å². The molecular formula is C13H7BrFN. The Hall–Kier alpha value is -1.66. The van der Waals surface area contributed by atoms with Crippen LogP contribution in [0.3, 0.4) is 0 Å². The van der Waals surface area contributed by atoms with Gasteiger partial charge < -0.3 is 0 Å². The second-order valence-electron chi connectivity index (χ2n) is 3.10. The molecule has 1 aromatic heterocycles. The van der Waals surface area contributed by atoms with E-state index in [4.69, 9.17) is 0 Å². The highest BCUT2D eigenvalue weighted by Gasteiger charge is 1.94. The lowest BCUT2D eigenvalue weighted by molar-refractivity contribution is 0.627. The van der Waals surface area contributed by atoms with Crippen LogP contribution in [0.25, 0.3) is 0 Å². The van der Waals surface area contributed by atoms with Crippen LogP contribution in [0.2, 0.25) is 0 Å². The average molecular weight is 276 g/mol. The van der Waals surface area contributed by atoms with Crippen molar-refractivity contribution in [2.24, 2.45) is 0 Å². The molecule has 0 saturated heterocycles. The highest BCUT2D eigenvalue weighted by molar-refractivity contribution is 9.10. The fourth-order valence-electron chi connectivity index (χ4n) is 1.15. The summed E-state index contributed by atoms with van der Waals surface area (Å²) in [4.78, 5) is 4.06. The minimum atomic E-state index is -0.256. The van der Waals surface area contributed by atoms with E-state index in [1.165, 1.54) is 12.1 Å². The summed E-state index contributed by atoms with van der Waals surface area (Å²) in [5.41, 5.74) is 1.59. The van der Waals surface area contributed by atoms with E-state index < -0.39 is 0 Å². The third-order valence-corrected chi connectivity index (χ3v) is 2.58. The number of hydrogen-bond donors (Lipinski definition) is 0. The lowest BCUT2D eigenvalue weighted by Crippen LogP contribution is -1.81.